The monoisotopic (exact) mass is 984 g/mol. The summed E-state index contributed by atoms with van der Waals surface area (Å²) >= 11 is 0. The number of hydrogen-bond donors (Lipinski definition) is 8. The molecule has 9 rings (SSSR count). The topological polar surface area (TPSA) is 288 Å². The van der Waals surface area contributed by atoms with Gasteiger partial charge in [0.05, 0.1) is 37.6 Å². The van der Waals surface area contributed by atoms with Gasteiger partial charge >= 0.3 is 11.9 Å². The van der Waals surface area contributed by atoms with E-state index in [4.69, 9.17) is 47.4 Å². The molecule has 5 heterocycles. The Morgan fingerprint density at radius 2 is 1.45 bits per heavy atom. The van der Waals surface area contributed by atoms with Crippen LogP contribution >= 0.6 is 0 Å². The van der Waals surface area contributed by atoms with E-state index in [2.05, 4.69) is 33.8 Å². The molecular formula is C49H76O20. The summed E-state index contributed by atoms with van der Waals surface area (Å²) in [6.45, 7) is 12.4. The molecule has 8 N–H and O–H groups in total. The summed E-state index contributed by atoms with van der Waals surface area (Å²) in [4.78, 5) is 24.7. The van der Waals surface area contributed by atoms with Crippen molar-refractivity contribution in [3.05, 3.63) is 11.6 Å². The van der Waals surface area contributed by atoms with Crippen molar-refractivity contribution in [2.75, 3.05) is 19.8 Å². The summed E-state index contributed by atoms with van der Waals surface area (Å²) in [5.41, 5.74) is 0.431. The van der Waals surface area contributed by atoms with Crippen LogP contribution in [0, 0.1) is 46.3 Å². The molecule has 0 aromatic carbocycles. The van der Waals surface area contributed by atoms with Gasteiger partial charge in [-0.05, 0) is 80.5 Å². The van der Waals surface area contributed by atoms with Crippen LogP contribution in [0.5, 0.6) is 0 Å². The highest BCUT2D eigenvalue weighted by Gasteiger charge is 2.70. The van der Waals surface area contributed by atoms with Gasteiger partial charge in [0.1, 0.15) is 67.6 Å². The van der Waals surface area contributed by atoms with Gasteiger partial charge < -0.3 is 88.2 Å². The van der Waals surface area contributed by atoms with E-state index < -0.39 is 141 Å². The number of rotatable bonds is 10. The van der Waals surface area contributed by atoms with Gasteiger partial charge in [-0.25, -0.2) is 0 Å². The van der Waals surface area contributed by atoms with Crippen molar-refractivity contribution in [1.29, 1.82) is 0 Å². The first kappa shape index (κ1) is 51.9. The van der Waals surface area contributed by atoms with Crippen molar-refractivity contribution in [2.45, 2.75) is 216 Å². The summed E-state index contributed by atoms with van der Waals surface area (Å²) in [6.07, 6.45) is -17.1. The van der Waals surface area contributed by atoms with Crippen molar-refractivity contribution in [2.24, 2.45) is 46.3 Å². The molecule has 27 atom stereocenters. The lowest BCUT2D eigenvalue weighted by Crippen LogP contribution is -2.67. The molecule has 9 aliphatic rings. The smallest absolute Gasteiger partial charge is 0.303 e. The zero-order valence-corrected chi connectivity index (χ0v) is 40.7. The van der Waals surface area contributed by atoms with Gasteiger partial charge in [0, 0.05) is 38.0 Å². The van der Waals surface area contributed by atoms with Gasteiger partial charge in [-0.3, -0.25) is 9.59 Å². The summed E-state index contributed by atoms with van der Waals surface area (Å²) in [5, 5.41) is 88.2. The molecule has 1 spiro atoms. The van der Waals surface area contributed by atoms with E-state index in [1.807, 2.05) is 0 Å². The normalized spacial score (nSPS) is 53.9. The highest BCUT2D eigenvalue weighted by molar-refractivity contribution is 5.66. The summed E-state index contributed by atoms with van der Waals surface area (Å²) in [5.74, 6) is -0.198. The Morgan fingerprint density at radius 1 is 0.739 bits per heavy atom. The molecule has 0 aromatic heterocycles. The minimum atomic E-state index is -1.90. The van der Waals surface area contributed by atoms with Gasteiger partial charge in [-0.15, -0.1) is 0 Å². The van der Waals surface area contributed by atoms with Crippen LogP contribution in [0.2, 0.25) is 0 Å². The van der Waals surface area contributed by atoms with E-state index >= 15 is 0 Å². The maximum absolute atomic E-state index is 12.6. The van der Waals surface area contributed by atoms with Gasteiger partial charge in [0.25, 0.3) is 0 Å². The van der Waals surface area contributed by atoms with Crippen LogP contribution in [0.1, 0.15) is 99.8 Å². The Kier molecular flexibility index (Phi) is 14.8. The zero-order valence-electron chi connectivity index (χ0n) is 40.7. The molecule has 5 aliphatic heterocycles. The molecule has 20 heteroatoms. The Morgan fingerprint density at radius 3 is 2.13 bits per heavy atom. The van der Waals surface area contributed by atoms with Crippen LogP contribution < -0.4 is 0 Å². The fraction of sp³-hybridized carbons (Fsp3) is 0.918. The Balaban J connectivity index is 0.999. The number of ether oxygens (including phenoxy) is 10. The first-order chi connectivity index (χ1) is 32.6. The number of esters is 2. The van der Waals surface area contributed by atoms with Crippen LogP contribution in [0.15, 0.2) is 11.6 Å². The average Bonchev–Trinajstić information content (AvgIpc) is 3.75. The van der Waals surface area contributed by atoms with E-state index in [1.165, 1.54) is 13.8 Å². The molecule has 392 valence electrons. The number of carbonyl (C=O) groups excluding carboxylic acids is 2. The van der Waals surface area contributed by atoms with E-state index in [1.54, 1.807) is 0 Å². The maximum atomic E-state index is 12.6. The highest BCUT2D eigenvalue weighted by atomic mass is 16.8. The van der Waals surface area contributed by atoms with E-state index in [0.29, 0.717) is 30.8 Å². The average molecular weight is 985 g/mol. The molecule has 3 saturated carbocycles. The van der Waals surface area contributed by atoms with E-state index in [9.17, 15) is 50.4 Å². The largest absolute Gasteiger partial charge is 0.463 e. The van der Waals surface area contributed by atoms with Crippen LogP contribution in [0.3, 0.4) is 0 Å². The third-order valence-corrected chi connectivity index (χ3v) is 18.3. The SMILES string of the molecule is CC(=O)OC[C@H]1O[C@@H](O[C@@H]2C[C@H](O)CC3=CC[C@H]4[C@@H](CC[C@]5(C)[C@@H]6[C@H](C[C@@H]45)O[C@]4(CC[C@@H](C)CO4)[C@H]6C)[C@]32C)[C@H](O[C@@H]2O[C@@H](C)[C@H](O)[C@@H](O[C@@H]3O[C@H](CO)[C@@H](O)[C@H](O)[C@H]3O)[C@H]2O)[C@@H](O)[C@H]1OC(C)=O. The van der Waals surface area contributed by atoms with Crippen LogP contribution in [-0.2, 0) is 57.0 Å². The number of hydrogen-bond acceptors (Lipinski definition) is 20. The van der Waals surface area contributed by atoms with Gasteiger partial charge in [-0.1, -0.05) is 39.3 Å². The van der Waals surface area contributed by atoms with Crippen molar-refractivity contribution < 1.29 is 97.8 Å². The molecular weight excluding hydrogens is 909 g/mol. The van der Waals surface area contributed by atoms with Crippen LogP contribution in [0.4, 0.5) is 0 Å². The molecule has 0 aromatic rings. The predicted molar refractivity (Wildman–Crippen MR) is 235 cm³/mol. The lowest BCUT2D eigenvalue weighted by atomic mass is 9.46. The summed E-state index contributed by atoms with van der Waals surface area (Å²) in [7, 11) is 0. The van der Waals surface area contributed by atoms with Gasteiger partial charge in [-0.2, -0.15) is 0 Å². The minimum Gasteiger partial charge on any atom is -0.463 e. The fourth-order valence-corrected chi connectivity index (χ4v) is 14.6. The lowest BCUT2D eigenvalue weighted by Gasteiger charge is -2.60. The molecule has 69 heavy (non-hydrogen) atoms. The molecule has 0 bridgehead atoms. The molecule has 5 saturated heterocycles. The maximum Gasteiger partial charge on any atom is 0.303 e. The lowest BCUT2D eigenvalue weighted by molar-refractivity contribution is -0.388. The Labute approximate surface area is 402 Å². The van der Waals surface area contributed by atoms with Crippen LogP contribution in [-0.4, -0.2) is 189 Å². The first-order valence-corrected chi connectivity index (χ1v) is 25.2. The third kappa shape index (κ3) is 9.05. The molecule has 20 nitrogen and oxygen atoms in total. The van der Waals surface area contributed by atoms with Gasteiger partial charge in [0.2, 0.25) is 0 Å². The predicted octanol–water partition coefficient (Wildman–Crippen LogP) is 0.327. The third-order valence-electron chi connectivity index (χ3n) is 18.3. The molecule has 0 unspecified atom stereocenters. The highest BCUT2D eigenvalue weighted by Crippen LogP contribution is 2.71. The molecule has 8 fully saturated rings. The molecule has 0 radical (unpaired) electrons. The van der Waals surface area contributed by atoms with E-state index in [-0.39, 0.29) is 35.7 Å². The van der Waals surface area contributed by atoms with Crippen molar-refractivity contribution >= 4 is 11.9 Å². The Bertz CT molecular complexity index is 1880. The second-order valence-electron chi connectivity index (χ2n) is 22.4. The zero-order chi connectivity index (χ0) is 49.6. The number of carbonyl (C=O) groups is 2. The number of aliphatic hydroxyl groups excluding tert-OH is 8. The quantitative estimate of drug-likeness (QED) is 0.108. The van der Waals surface area contributed by atoms with Gasteiger partial charge in [0.15, 0.2) is 30.8 Å². The fourth-order valence-electron chi connectivity index (χ4n) is 14.6. The first-order valence-electron chi connectivity index (χ1n) is 25.2. The van der Waals surface area contributed by atoms with Crippen LogP contribution in [0.25, 0.3) is 0 Å². The van der Waals surface area contributed by atoms with Crippen molar-refractivity contribution in [3.63, 3.8) is 0 Å². The summed E-state index contributed by atoms with van der Waals surface area (Å²) < 4.78 is 61.9. The number of aliphatic hydroxyl groups is 8. The summed E-state index contributed by atoms with van der Waals surface area (Å²) in [6, 6.07) is 0. The standard InChI is InChI=1S/C49H76O20/c1-20-10-13-49(61-18-20)21(2)34-30(69-49)16-29-27-9-8-25-14-26(53)15-33(48(25,7)28(27)11-12-47(29,34)6)66-46-43(39(58)41(63-24(5)52)32(65-46)19-60-23(4)51)68-45-40(59)42(35(54)22(3)62-45)67-44-38(57)37(56)36(55)31(17-50)64-44/h8,20-22,26-46,50,53-59H,9-19H2,1-7H3/t20-,21+,22+,26-,27+,28-,29+,30+,31-,32-,33-,34+,35+,36-,37+,38-,39+,40-,41+,42-,43-,44+,45+,46+,47+,48+,49-/m1/s1. The molecule has 4 aliphatic carbocycles. The second kappa shape index (κ2) is 19.7. The number of fused-ring (bicyclic) bond motifs is 7. The van der Waals surface area contributed by atoms with Crippen molar-refractivity contribution in [1.82, 2.24) is 0 Å². The minimum absolute atomic E-state index is 0.00845. The van der Waals surface area contributed by atoms with E-state index in [0.717, 1.165) is 51.0 Å². The second-order valence-corrected chi connectivity index (χ2v) is 22.4. The van der Waals surface area contributed by atoms with Crippen molar-refractivity contribution in [3.8, 4) is 0 Å². The Hall–Kier alpha value is -1.96. The molecule has 0 amide bonds. The number of allylic oxidation sites excluding steroid dienone is 1.